The topological polar surface area (TPSA) is 24.9 Å². The first kappa shape index (κ1) is 7.25. The summed E-state index contributed by atoms with van der Waals surface area (Å²) in [5.41, 5.74) is 1.22. The van der Waals surface area contributed by atoms with Gasteiger partial charge in [0.15, 0.2) is 0 Å². The molecule has 60 valence electrons. The first-order valence-corrected chi connectivity index (χ1v) is 4.83. The van der Waals surface area contributed by atoms with E-state index in [1.807, 2.05) is 12.4 Å². The minimum absolute atomic E-state index is 0.515. The molecule has 0 aromatic carbocycles. The van der Waals surface area contributed by atoms with Crippen LogP contribution in [-0.4, -0.2) is 11.4 Å². The highest BCUT2D eigenvalue weighted by Gasteiger charge is 2.32. The largest absolute Gasteiger partial charge is 0.311 e. The van der Waals surface area contributed by atoms with E-state index in [1.54, 1.807) is 0 Å². The van der Waals surface area contributed by atoms with Gasteiger partial charge in [-0.25, -0.2) is 0 Å². The van der Waals surface area contributed by atoms with Crippen molar-refractivity contribution >= 4 is 11.5 Å². The second kappa shape index (κ2) is 2.91. The highest BCUT2D eigenvalue weighted by atomic mass is 32.1. The molecular weight excluding hydrogens is 156 g/mol. The standard InChI is InChI=1S/C8H12N2S/c1-9-8(6-2-3-6)7-4-5-11-10-7/h4-6,8-9H,2-3H2,1H3. The summed E-state index contributed by atoms with van der Waals surface area (Å²) in [7, 11) is 2.02. The molecule has 0 spiro atoms. The molecule has 11 heavy (non-hydrogen) atoms. The van der Waals surface area contributed by atoms with Gasteiger partial charge in [-0.3, -0.25) is 0 Å². The molecule has 3 heteroatoms. The number of nitrogens with zero attached hydrogens (tertiary/aromatic N) is 1. The van der Waals surface area contributed by atoms with Gasteiger partial charge in [-0.15, -0.1) is 0 Å². The van der Waals surface area contributed by atoms with E-state index < -0.39 is 0 Å². The Morgan fingerprint density at radius 1 is 1.73 bits per heavy atom. The lowest BCUT2D eigenvalue weighted by atomic mass is 10.1. The normalized spacial score (nSPS) is 20.1. The van der Waals surface area contributed by atoms with E-state index in [9.17, 15) is 0 Å². The molecule has 1 aliphatic carbocycles. The molecule has 2 rings (SSSR count). The maximum absolute atomic E-state index is 4.33. The Morgan fingerprint density at radius 3 is 3.00 bits per heavy atom. The molecule has 1 aliphatic rings. The minimum Gasteiger partial charge on any atom is -0.311 e. The number of nitrogens with one attached hydrogen (secondary N) is 1. The van der Waals surface area contributed by atoms with Gasteiger partial charge in [-0.05, 0) is 43.4 Å². The molecule has 1 atom stereocenters. The van der Waals surface area contributed by atoms with Gasteiger partial charge >= 0.3 is 0 Å². The number of hydrogen-bond donors (Lipinski definition) is 1. The van der Waals surface area contributed by atoms with Crippen LogP contribution >= 0.6 is 11.5 Å². The fourth-order valence-electron chi connectivity index (χ4n) is 1.44. The summed E-state index contributed by atoms with van der Waals surface area (Å²) in [6.45, 7) is 0. The van der Waals surface area contributed by atoms with E-state index in [0.717, 1.165) is 5.92 Å². The van der Waals surface area contributed by atoms with Crippen molar-refractivity contribution in [2.75, 3.05) is 7.05 Å². The molecule has 0 aliphatic heterocycles. The van der Waals surface area contributed by atoms with Crippen LogP contribution in [0, 0.1) is 5.92 Å². The van der Waals surface area contributed by atoms with E-state index in [2.05, 4.69) is 15.8 Å². The molecule has 1 heterocycles. The Kier molecular flexibility index (Phi) is 1.92. The molecule has 1 saturated carbocycles. The molecule has 2 nitrogen and oxygen atoms in total. The molecule has 0 saturated heterocycles. The van der Waals surface area contributed by atoms with Gasteiger partial charge in [-0.2, -0.15) is 4.37 Å². The second-order valence-electron chi connectivity index (χ2n) is 3.03. The Hall–Kier alpha value is -0.410. The molecule has 1 N–H and O–H groups in total. The zero-order valence-corrected chi connectivity index (χ0v) is 7.40. The Bertz CT molecular complexity index is 216. The summed E-state index contributed by atoms with van der Waals surface area (Å²) in [4.78, 5) is 0. The predicted molar refractivity (Wildman–Crippen MR) is 46.6 cm³/mol. The van der Waals surface area contributed by atoms with Crippen LogP contribution in [0.2, 0.25) is 0 Å². The smallest absolute Gasteiger partial charge is 0.0714 e. The highest BCUT2D eigenvalue weighted by molar-refractivity contribution is 7.03. The third-order valence-electron chi connectivity index (χ3n) is 2.18. The zero-order valence-electron chi connectivity index (χ0n) is 6.58. The molecule has 1 aromatic rings. The van der Waals surface area contributed by atoms with Crippen LogP contribution in [0.15, 0.2) is 11.4 Å². The monoisotopic (exact) mass is 168 g/mol. The summed E-state index contributed by atoms with van der Waals surface area (Å²) < 4.78 is 4.33. The third-order valence-corrected chi connectivity index (χ3v) is 2.75. The van der Waals surface area contributed by atoms with Crippen LogP contribution in [0.5, 0.6) is 0 Å². The molecule has 1 unspecified atom stereocenters. The van der Waals surface area contributed by atoms with E-state index in [-0.39, 0.29) is 0 Å². The molecule has 1 aromatic heterocycles. The third kappa shape index (κ3) is 1.44. The van der Waals surface area contributed by atoms with Crippen molar-refractivity contribution < 1.29 is 0 Å². The average Bonchev–Trinajstić information content (AvgIpc) is 2.68. The Balaban J connectivity index is 2.11. The summed E-state index contributed by atoms with van der Waals surface area (Å²) in [6, 6.07) is 2.63. The van der Waals surface area contributed by atoms with Crippen molar-refractivity contribution in [2.24, 2.45) is 5.92 Å². The Morgan fingerprint density at radius 2 is 2.55 bits per heavy atom. The van der Waals surface area contributed by atoms with E-state index in [0.29, 0.717) is 6.04 Å². The van der Waals surface area contributed by atoms with E-state index in [4.69, 9.17) is 0 Å². The Labute approximate surface area is 70.8 Å². The summed E-state index contributed by atoms with van der Waals surface area (Å²) in [5, 5.41) is 5.35. The SMILES string of the molecule is CNC(c1ccsn1)C1CC1. The number of aromatic nitrogens is 1. The van der Waals surface area contributed by atoms with Gasteiger partial charge in [0.1, 0.15) is 0 Å². The van der Waals surface area contributed by atoms with Crippen molar-refractivity contribution in [1.29, 1.82) is 0 Å². The molecular formula is C8H12N2S. The highest BCUT2D eigenvalue weighted by Crippen LogP contribution is 2.40. The van der Waals surface area contributed by atoms with Gasteiger partial charge in [0.05, 0.1) is 11.7 Å². The second-order valence-corrected chi connectivity index (χ2v) is 3.69. The van der Waals surface area contributed by atoms with Crippen molar-refractivity contribution in [3.63, 3.8) is 0 Å². The van der Waals surface area contributed by atoms with E-state index >= 15 is 0 Å². The first-order chi connectivity index (χ1) is 5.42. The molecule has 0 bridgehead atoms. The summed E-state index contributed by atoms with van der Waals surface area (Å²) >= 11 is 1.54. The van der Waals surface area contributed by atoms with Crippen molar-refractivity contribution in [3.8, 4) is 0 Å². The fourth-order valence-corrected chi connectivity index (χ4v) is 1.99. The minimum atomic E-state index is 0.515. The zero-order chi connectivity index (χ0) is 7.68. The maximum atomic E-state index is 4.33. The fraction of sp³-hybridized carbons (Fsp3) is 0.625. The quantitative estimate of drug-likeness (QED) is 0.744. The summed E-state index contributed by atoms with van der Waals surface area (Å²) in [6.07, 6.45) is 2.73. The summed E-state index contributed by atoms with van der Waals surface area (Å²) in [5.74, 6) is 0.849. The van der Waals surface area contributed by atoms with E-state index in [1.165, 1.54) is 30.1 Å². The molecule has 0 radical (unpaired) electrons. The maximum Gasteiger partial charge on any atom is 0.0714 e. The molecule has 0 amide bonds. The van der Waals surface area contributed by atoms with Crippen LogP contribution in [0.3, 0.4) is 0 Å². The number of hydrogen-bond acceptors (Lipinski definition) is 3. The van der Waals surface area contributed by atoms with Crippen LogP contribution in [0.1, 0.15) is 24.6 Å². The predicted octanol–water partition coefficient (Wildman–Crippen LogP) is 1.81. The van der Waals surface area contributed by atoms with Crippen LogP contribution in [0.4, 0.5) is 0 Å². The lowest BCUT2D eigenvalue weighted by Gasteiger charge is -2.11. The van der Waals surface area contributed by atoms with Crippen molar-refractivity contribution in [2.45, 2.75) is 18.9 Å². The van der Waals surface area contributed by atoms with Gasteiger partial charge in [0, 0.05) is 5.38 Å². The molecule has 1 fully saturated rings. The van der Waals surface area contributed by atoms with Gasteiger partial charge < -0.3 is 5.32 Å². The lowest BCUT2D eigenvalue weighted by Crippen LogP contribution is -2.18. The average molecular weight is 168 g/mol. The van der Waals surface area contributed by atoms with Gasteiger partial charge in [0.2, 0.25) is 0 Å². The van der Waals surface area contributed by atoms with Crippen molar-refractivity contribution in [3.05, 3.63) is 17.1 Å². The van der Waals surface area contributed by atoms with Crippen LogP contribution < -0.4 is 5.32 Å². The van der Waals surface area contributed by atoms with Gasteiger partial charge in [0.25, 0.3) is 0 Å². The number of rotatable bonds is 3. The van der Waals surface area contributed by atoms with Crippen LogP contribution in [0.25, 0.3) is 0 Å². The van der Waals surface area contributed by atoms with Crippen LogP contribution in [-0.2, 0) is 0 Å². The first-order valence-electron chi connectivity index (χ1n) is 3.99. The lowest BCUT2D eigenvalue weighted by molar-refractivity contribution is 0.520. The van der Waals surface area contributed by atoms with Crippen molar-refractivity contribution in [1.82, 2.24) is 9.69 Å². The van der Waals surface area contributed by atoms with Gasteiger partial charge in [-0.1, -0.05) is 0 Å².